The molecule has 24 heavy (non-hydrogen) atoms. The summed E-state index contributed by atoms with van der Waals surface area (Å²) >= 11 is 0. The number of hydrogen-bond donors (Lipinski definition) is 2. The number of aliphatic hydroxyl groups is 1. The first-order valence-electron chi connectivity index (χ1n) is 7.54. The first-order chi connectivity index (χ1) is 11.1. The van der Waals surface area contributed by atoms with Gasteiger partial charge in [0.1, 0.15) is 0 Å². The van der Waals surface area contributed by atoms with Gasteiger partial charge < -0.3 is 15.3 Å². The molecule has 132 valence electrons. The number of carbonyl (C=O) groups is 2. The van der Waals surface area contributed by atoms with E-state index in [1.165, 1.54) is 4.90 Å². The number of likely N-dealkylation sites (tertiary alicyclic amines) is 1. The number of benzene rings is 1. The van der Waals surface area contributed by atoms with Crippen molar-refractivity contribution in [3.63, 3.8) is 0 Å². The molecule has 0 aliphatic carbocycles. The van der Waals surface area contributed by atoms with Crippen LogP contribution in [0.5, 0.6) is 0 Å². The molecule has 0 atom stereocenters. The molecular formula is C16H19F3N2O3. The lowest BCUT2D eigenvalue weighted by atomic mass is 9.91. The lowest BCUT2D eigenvalue weighted by Gasteiger charge is -2.39. The van der Waals surface area contributed by atoms with E-state index in [2.05, 4.69) is 5.32 Å². The van der Waals surface area contributed by atoms with Gasteiger partial charge in [-0.15, -0.1) is 0 Å². The van der Waals surface area contributed by atoms with Crippen molar-refractivity contribution >= 4 is 11.8 Å². The van der Waals surface area contributed by atoms with Crippen LogP contribution in [0, 0.1) is 6.92 Å². The molecule has 1 aromatic carbocycles. The monoisotopic (exact) mass is 344 g/mol. The average Bonchev–Trinajstić information content (AvgIpc) is 2.52. The number of nitrogens with one attached hydrogen (secondary N) is 1. The van der Waals surface area contributed by atoms with Crippen molar-refractivity contribution < 1.29 is 27.9 Å². The predicted octanol–water partition coefficient (Wildman–Crippen LogP) is 1.64. The summed E-state index contributed by atoms with van der Waals surface area (Å²) in [5.41, 5.74) is -1.43. The average molecular weight is 344 g/mol. The fourth-order valence-electron chi connectivity index (χ4n) is 2.57. The van der Waals surface area contributed by atoms with E-state index in [4.69, 9.17) is 0 Å². The third-order valence-corrected chi connectivity index (χ3v) is 4.15. The molecule has 1 aromatic rings. The quantitative estimate of drug-likeness (QED) is 0.876. The Bertz CT molecular complexity index is 623. The van der Waals surface area contributed by atoms with E-state index in [0.29, 0.717) is 5.56 Å². The van der Waals surface area contributed by atoms with Crippen LogP contribution in [0.15, 0.2) is 24.3 Å². The highest BCUT2D eigenvalue weighted by Gasteiger charge is 2.54. The number of amides is 2. The van der Waals surface area contributed by atoms with Crippen LogP contribution in [0.1, 0.15) is 28.8 Å². The molecule has 2 N–H and O–H groups in total. The van der Waals surface area contributed by atoms with Crippen molar-refractivity contribution in [1.29, 1.82) is 0 Å². The second-order valence-corrected chi connectivity index (χ2v) is 5.96. The maximum absolute atomic E-state index is 12.7. The number of nitrogens with zero attached hydrogens (tertiary/aromatic N) is 1. The molecule has 1 aliphatic heterocycles. The van der Waals surface area contributed by atoms with Gasteiger partial charge in [0.2, 0.25) is 5.91 Å². The van der Waals surface area contributed by atoms with Crippen molar-refractivity contribution in [2.45, 2.75) is 31.5 Å². The second kappa shape index (κ2) is 6.80. The Morgan fingerprint density at radius 2 is 1.92 bits per heavy atom. The molecule has 0 spiro atoms. The topological polar surface area (TPSA) is 69.6 Å². The fourth-order valence-corrected chi connectivity index (χ4v) is 2.57. The molecule has 1 fully saturated rings. The van der Waals surface area contributed by atoms with Crippen molar-refractivity contribution in [2.24, 2.45) is 0 Å². The smallest absolute Gasteiger partial charge is 0.380 e. The minimum absolute atomic E-state index is 0.199. The minimum Gasteiger partial charge on any atom is -0.380 e. The van der Waals surface area contributed by atoms with Crippen LogP contribution in [-0.4, -0.2) is 53.2 Å². The zero-order valence-corrected chi connectivity index (χ0v) is 13.2. The zero-order chi connectivity index (χ0) is 18.0. The summed E-state index contributed by atoms with van der Waals surface area (Å²) in [6.07, 6.45) is -5.83. The van der Waals surface area contributed by atoms with Crippen molar-refractivity contribution in [3.05, 3.63) is 35.4 Å². The molecule has 0 aromatic heterocycles. The van der Waals surface area contributed by atoms with Gasteiger partial charge in [0.05, 0.1) is 6.54 Å². The number of hydrogen-bond acceptors (Lipinski definition) is 3. The van der Waals surface area contributed by atoms with Crippen LogP contribution in [0.3, 0.4) is 0 Å². The molecule has 8 heteroatoms. The summed E-state index contributed by atoms with van der Waals surface area (Å²) in [6.45, 7) is 1.14. The van der Waals surface area contributed by atoms with E-state index in [-0.39, 0.29) is 19.6 Å². The zero-order valence-electron chi connectivity index (χ0n) is 13.2. The van der Waals surface area contributed by atoms with Gasteiger partial charge in [-0.05, 0) is 19.1 Å². The van der Waals surface area contributed by atoms with Gasteiger partial charge in [0.15, 0.2) is 5.60 Å². The van der Waals surface area contributed by atoms with Crippen LogP contribution in [0.25, 0.3) is 0 Å². The Morgan fingerprint density at radius 3 is 2.46 bits per heavy atom. The number of carbonyl (C=O) groups excluding carboxylic acids is 2. The van der Waals surface area contributed by atoms with Gasteiger partial charge in [-0.3, -0.25) is 9.59 Å². The van der Waals surface area contributed by atoms with Gasteiger partial charge in [0, 0.05) is 31.5 Å². The summed E-state index contributed by atoms with van der Waals surface area (Å²) < 4.78 is 38.2. The Balaban J connectivity index is 1.85. The summed E-state index contributed by atoms with van der Waals surface area (Å²) in [5.74, 6) is -0.893. The number of piperidine rings is 1. The van der Waals surface area contributed by atoms with E-state index in [9.17, 15) is 27.9 Å². The SMILES string of the molecule is Cc1cccc(C(=O)NCC(=O)N2CCC(O)(C(F)(F)F)CC2)c1. The van der Waals surface area contributed by atoms with E-state index in [1.807, 2.05) is 13.0 Å². The third-order valence-electron chi connectivity index (χ3n) is 4.15. The summed E-state index contributed by atoms with van der Waals surface area (Å²) in [4.78, 5) is 25.2. The maximum Gasteiger partial charge on any atom is 0.417 e. The highest BCUT2D eigenvalue weighted by molar-refractivity contribution is 5.96. The standard InChI is InChI=1S/C16H19F3N2O3/c1-11-3-2-4-12(9-11)14(23)20-10-13(22)21-7-5-15(24,6-8-21)16(17,18)19/h2-4,9,24H,5-8,10H2,1H3,(H,20,23). The first-order valence-corrected chi connectivity index (χ1v) is 7.54. The number of halogens is 3. The predicted molar refractivity (Wildman–Crippen MR) is 80.3 cm³/mol. The van der Waals surface area contributed by atoms with Gasteiger partial charge in [-0.25, -0.2) is 0 Å². The van der Waals surface area contributed by atoms with Crippen LogP contribution in [-0.2, 0) is 4.79 Å². The first kappa shape index (κ1) is 18.3. The molecule has 0 unspecified atom stereocenters. The molecule has 1 heterocycles. The summed E-state index contributed by atoms with van der Waals surface area (Å²) in [6, 6.07) is 6.83. The fraction of sp³-hybridized carbons (Fsp3) is 0.500. The van der Waals surface area contributed by atoms with E-state index >= 15 is 0 Å². The van der Waals surface area contributed by atoms with E-state index < -0.39 is 36.4 Å². The number of aryl methyl sites for hydroxylation is 1. The van der Waals surface area contributed by atoms with Crippen LogP contribution in [0.4, 0.5) is 13.2 Å². The lowest BCUT2D eigenvalue weighted by molar-refractivity contribution is -0.272. The molecule has 1 aliphatic rings. The Labute approximate surface area is 137 Å². The van der Waals surface area contributed by atoms with Crippen LogP contribution in [0.2, 0.25) is 0 Å². The molecule has 0 radical (unpaired) electrons. The number of rotatable bonds is 3. The van der Waals surface area contributed by atoms with Gasteiger partial charge in [-0.1, -0.05) is 17.7 Å². The summed E-state index contributed by atoms with van der Waals surface area (Å²) in [7, 11) is 0. The van der Waals surface area contributed by atoms with Gasteiger partial charge >= 0.3 is 6.18 Å². The van der Waals surface area contributed by atoms with Gasteiger partial charge in [-0.2, -0.15) is 13.2 Å². The Kier molecular flexibility index (Phi) is 5.17. The second-order valence-electron chi connectivity index (χ2n) is 5.96. The minimum atomic E-state index is -4.71. The molecule has 2 rings (SSSR count). The maximum atomic E-state index is 12.7. The molecule has 1 saturated heterocycles. The largest absolute Gasteiger partial charge is 0.417 e. The van der Waals surface area contributed by atoms with Crippen molar-refractivity contribution in [2.75, 3.05) is 19.6 Å². The van der Waals surface area contributed by atoms with E-state index in [0.717, 1.165) is 5.56 Å². The molecule has 0 saturated carbocycles. The van der Waals surface area contributed by atoms with Crippen molar-refractivity contribution in [1.82, 2.24) is 10.2 Å². The molecule has 2 amide bonds. The molecule has 5 nitrogen and oxygen atoms in total. The van der Waals surface area contributed by atoms with E-state index in [1.54, 1.807) is 18.2 Å². The van der Waals surface area contributed by atoms with Crippen LogP contribution < -0.4 is 5.32 Å². The third kappa shape index (κ3) is 4.05. The molecular weight excluding hydrogens is 325 g/mol. The van der Waals surface area contributed by atoms with Gasteiger partial charge in [0.25, 0.3) is 5.91 Å². The normalized spacial score (nSPS) is 17.5. The Hall–Kier alpha value is -2.09. The lowest BCUT2D eigenvalue weighted by Crippen LogP contribution is -2.55. The highest BCUT2D eigenvalue weighted by atomic mass is 19.4. The van der Waals surface area contributed by atoms with Crippen molar-refractivity contribution in [3.8, 4) is 0 Å². The molecule has 0 bridgehead atoms. The Morgan fingerprint density at radius 1 is 1.29 bits per heavy atom. The summed E-state index contributed by atoms with van der Waals surface area (Å²) in [5, 5.41) is 12.0. The van der Waals surface area contributed by atoms with Crippen LogP contribution >= 0.6 is 0 Å². The number of alkyl halides is 3. The highest BCUT2D eigenvalue weighted by Crippen LogP contribution is 2.38.